The van der Waals surface area contributed by atoms with Crippen molar-refractivity contribution in [2.24, 2.45) is 0 Å². The van der Waals surface area contributed by atoms with Gasteiger partial charge in [0.2, 0.25) is 0 Å². The van der Waals surface area contributed by atoms with Gasteiger partial charge in [0.1, 0.15) is 23.4 Å². The third-order valence-corrected chi connectivity index (χ3v) is 4.22. The summed E-state index contributed by atoms with van der Waals surface area (Å²) in [6.45, 7) is 3.62. The number of nitriles is 1. The molecule has 2 aromatic carbocycles. The zero-order chi connectivity index (χ0) is 19.4. The number of anilines is 3. The van der Waals surface area contributed by atoms with Crippen LogP contribution in [0.5, 0.6) is 0 Å². The number of nitrogens with one attached hydrogen (secondary N) is 2. The number of halogens is 1. The van der Waals surface area contributed by atoms with Gasteiger partial charge in [-0.2, -0.15) is 5.26 Å². The Balaban J connectivity index is 1.85. The topological polar surface area (TPSA) is 90.7 Å². The summed E-state index contributed by atoms with van der Waals surface area (Å²) in [5.41, 5.74) is 2.73. The molecule has 0 saturated heterocycles. The fourth-order valence-electron chi connectivity index (χ4n) is 2.44. The molecule has 0 aliphatic rings. The number of hydrogen-bond acceptors (Lipinski definition) is 5. The SMILES string of the molecule is Cc1nc(Nc2ccc(C)c(Cl)c2)cc(C(=O)Nc2ccccc2C#N)n1. The van der Waals surface area contributed by atoms with E-state index >= 15 is 0 Å². The second kappa shape index (κ2) is 7.85. The van der Waals surface area contributed by atoms with Crippen LogP contribution in [-0.2, 0) is 0 Å². The number of aromatic nitrogens is 2. The van der Waals surface area contributed by atoms with E-state index in [2.05, 4.69) is 20.6 Å². The zero-order valence-electron chi connectivity index (χ0n) is 14.7. The molecule has 0 fully saturated rings. The molecule has 27 heavy (non-hydrogen) atoms. The van der Waals surface area contributed by atoms with Gasteiger partial charge in [0.25, 0.3) is 5.91 Å². The smallest absolute Gasteiger partial charge is 0.274 e. The molecule has 0 bridgehead atoms. The highest BCUT2D eigenvalue weighted by molar-refractivity contribution is 6.31. The first kappa shape index (κ1) is 18.4. The quantitative estimate of drug-likeness (QED) is 0.692. The average molecular weight is 378 g/mol. The van der Waals surface area contributed by atoms with Crippen molar-refractivity contribution in [3.63, 3.8) is 0 Å². The summed E-state index contributed by atoms with van der Waals surface area (Å²) in [5.74, 6) is 0.492. The van der Waals surface area contributed by atoms with E-state index in [4.69, 9.17) is 16.9 Å². The first-order valence-electron chi connectivity index (χ1n) is 8.15. The summed E-state index contributed by atoms with van der Waals surface area (Å²) < 4.78 is 0. The lowest BCUT2D eigenvalue weighted by molar-refractivity contribution is 0.102. The van der Waals surface area contributed by atoms with Crippen molar-refractivity contribution in [1.29, 1.82) is 5.26 Å². The summed E-state index contributed by atoms with van der Waals surface area (Å²) in [7, 11) is 0. The second-order valence-corrected chi connectivity index (χ2v) is 6.29. The first-order chi connectivity index (χ1) is 13.0. The number of aryl methyl sites for hydroxylation is 2. The van der Waals surface area contributed by atoms with Crippen LogP contribution in [0.25, 0.3) is 0 Å². The number of carbonyl (C=O) groups excluding carboxylic acids is 1. The van der Waals surface area contributed by atoms with Crippen LogP contribution in [0.4, 0.5) is 17.2 Å². The molecule has 3 rings (SSSR count). The van der Waals surface area contributed by atoms with E-state index in [-0.39, 0.29) is 5.69 Å². The van der Waals surface area contributed by atoms with E-state index in [0.29, 0.717) is 27.9 Å². The van der Waals surface area contributed by atoms with Gasteiger partial charge in [-0.3, -0.25) is 4.79 Å². The van der Waals surface area contributed by atoms with E-state index in [1.54, 1.807) is 43.3 Å². The second-order valence-electron chi connectivity index (χ2n) is 5.89. The average Bonchev–Trinajstić information content (AvgIpc) is 2.64. The third-order valence-electron chi connectivity index (χ3n) is 3.81. The predicted octanol–water partition coefficient (Wildman–Crippen LogP) is 4.61. The molecule has 0 unspecified atom stereocenters. The van der Waals surface area contributed by atoms with Crippen molar-refractivity contribution in [3.05, 3.63) is 76.2 Å². The molecule has 1 aromatic heterocycles. The summed E-state index contributed by atoms with van der Waals surface area (Å²) in [6, 6.07) is 15.9. The van der Waals surface area contributed by atoms with Gasteiger partial charge in [-0.05, 0) is 43.7 Å². The molecule has 3 aromatic rings. The van der Waals surface area contributed by atoms with Gasteiger partial charge in [0, 0.05) is 16.8 Å². The van der Waals surface area contributed by atoms with Crippen LogP contribution in [0.1, 0.15) is 27.4 Å². The fourth-order valence-corrected chi connectivity index (χ4v) is 2.62. The van der Waals surface area contributed by atoms with Gasteiger partial charge in [-0.1, -0.05) is 29.8 Å². The Morgan fingerprint density at radius 1 is 1.11 bits per heavy atom. The molecule has 0 spiro atoms. The summed E-state index contributed by atoms with van der Waals surface area (Å²) in [4.78, 5) is 21.1. The number of nitrogens with zero attached hydrogens (tertiary/aromatic N) is 3. The highest BCUT2D eigenvalue weighted by Gasteiger charge is 2.13. The van der Waals surface area contributed by atoms with Gasteiger partial charge in [-0.15, -0.1) is 0 Å². The monoisotopic (exact) mass is 377 g/mol. The number of carbonyl (C=O) groups is 1. The Bertz CT molecular complexity index is 1060. The van der Waals surface area contributed by atoms with Crippen LogP contribution in [0, 0.1) is 25.2 Å². The molecule has 0 saturated carbocycles. The highest BCUT2D eigenvalue weighted by atomic mass is 35.5. The van der Waals surface area contributed by atoms with Gasteiger partial charge in [-0.25, -0.2) is 9.97 Å². The molecule has 0 aliphatic heterocycles. The number of benzene rings is 2. The molecule has 0 atom stereocenters. The number of hydrogen-bond donors (Lipinski definition) is 2. The molecular formula is C20H16ClN5O. The van der Waals surface area contributed by atoms with E-state index in [1.807, 2.05) is 25.1 Å². The van der Waals surface area contributed by atoms with Gasteiger partial charge in [0.15, 0.2) is 0 Å². The zero-order valence-corrected chi connectivity index (χ0v) is 15.5. The number of para-hydroxylation sites is 1. The summed E-state index contributed by atoms with van der Waals surface area (Å²) in [6.07, 6.45) is 0. The molecule has 2 N–H and O–H groups in total. The van der Waals surface area contributed by atoms with Crippen LogP contribution < -0.4 is 10.6 Å². The minimum Gasteiger partial charge on any atom is -0.340 e. The Hall–Kier alpha value is -3.43. The lowest BCUT2D eigenvalue weighted by atomic mass is 10.2. The Kier molecular flexibility index (Phi) is 5.34. The lowest BCUT2D eigenvalue weighted by Gasteiger charge is -2.10. The van der Waals surface area contributed by atoms with E-state index < -0.39 is 5.91 Å². The van der Waals surface area contributed by atoms with E-state index in [1.165, 1.54) is 0 Å². The molecule has 7 heteroatoms. The minimum atomic E-state index is -0.423. The van der Waals surface area contributed by atoms with Crippen LogP contribution >= 0.6 is 11.6 Å². The highest BCUT2D eigenvalue weighted by Crippen LogP contribution is 2.23. The molecule has 134 valence electrons. The van der Waals surface area contributed by atoms with Crippen molar-refractivity contribution in [3.8, 4) is 6.07 Å². The maximum absolute atomic E-state index is 12.6. The van der Waals surface area contributed by atoms with E-state index in [0.717, 1.165) is 11.3 Å². The third kappa shape index (κ3) is 4.40. The van der Waals surface area contributed by atoms with Crippen molar-refractivity contribution in [1.82, 2.24) is 9.97 Å². The number of amides is 1. The summed E-state index contributed by atoms with van der Waals surface area (Å²) >= 11 is 6.15. The molecule has 6 nitrogen and oxygen atoms in total. The number of rotatable bonds is 4. The fraction of sp³-hybridized carbons (Fsp3) is 0.100. The maximum atomic E-state index is 12.6. The Morgan fingerprint density at radius 2 is 1.89 bits per heavy atom. The molecule has 1 amide bonds. The van der Waals surface area contributed by atoms with Crippen LogP contribution in [0.2, 0.25) is 5.02 Å². The molecule has 1 heterocycles. The Labute approximate surface area is 161 Å². The molecular weight excluding hydrogens is 362 g/mol. The van der Waals surface area contributed by atoms with Crippen molar-refractivity contribution in [2.45, 2.75) is 13.8 Å². The molecule has 0 aliphatic carbocycles. The maximum Gasteiger partial charge on any atom is 0.274 e. The first-order valence-corrected chi connectivity index (χ1v) is 8.53. The van der Waals surface area contributed by atoms with Crippen LogP contribution in [0.3, 0.4) is 0 Å². The van der Waals surface area contributed by atoms with Crippen LogP contribution in [0.15, 0.2) is 48.5 Å². The summed E-state index contributed by atoms with van der Waals surface area (Å²) in [5, 5.41) is 15.6. The predicted molar refractivity (Wildman–Crippen MR) is 105 cm³/mol. The Morgan fingerprint density at radius 3 is 2.63 bits per heavy atom. The largest absolute Gasteiger partial charge is 0.340 e. The van der Waals surface area contributed by atoms with Gasteiger partial charge < -0.3 is 10.6 Å². The minimum absolute atomic E-state index is 0.191. The van der Waals surface area contributed by atoms with Crippen molar-refractivity contribution in [2.75, 3.05) is 10.6 Å². The lowest BCUT2D eigenvalue weighted by Crippen LogP contribution is -2.16. The van der Waals surface area contributed by atoms with Crippen molar-refractivity contribution >= 4 is 34.7 Å². The van der Waals surface area contributed by atoms with Gasteiger partial charge >= 0.3 is 0 Å². The van der Waals surface area contributed by atoms with Gasteiger partial charge in [0.05, 0.1) is 11.3 Å². The van der Waals surface area contributed by atoms with Crippen molar-refractivity contribution < 1.29 is 4.79 Å². The normalized spacial score (nSPS) is 10.1. The van der Waals surface area contributed by atoms with Crippen LogP contribution in [-0.4, -0.2) is 15.9 Å². The van der Waals surface area contributed by atoms with E-state index in [9.17, 15) is 4.79 Å². The molecule has 0 radical (unpaired) electrons. The standard InChI is InChI=1S/C20H16ClN5O/c1-12-7-8-15(9-16(12)21)25-19-10-18(23-13(2)24-19)20(27)26-17-6-4-3-5-14(17)11-22/h3-10H,1-2H3,(H,26,27)(H,23,24,25).